The molecular weight excluding hydrogens is 324 g/mol. The summed E-state index contributed by atoms with van der Waals surface area (Å²) in [5.74, 6) is 0.991. The van der Waals surface area contributed by atoms with E-state index >= 15 is 0 Å². The summed E-state index contributed by atoms with van der Waals surface area (Å²) >= 11 is 1.35. The van der Waals surface area contributed by atoms with Crippen LogP contribution in [0.5, 0.6) is 0 Å². The van der Waals surface area contributed by atoms with Crippen molar-refractivity contribution >= 4 is 22.7 Å². The molecule has 3 aromatic rings. The Balaban J connectivity index is 1.79. The highest BCUT2D eigenvalue weighted by atomic mass is 32.2. The first-order valence-electron chi connectivity index (χ1n) is 7.86. The van der Waals surface area contributed by atoms with Crippen LogP contribution >= 0.6 is 11.8 Å². The normalized spacial score (nSPS) is 11.0. The highest BCUT2D eigenvalue weighted by molar-refractivity contribution is 7.98. The van der Waals surface area contributed by atoms with E-state index in [0.717, 1.165) is 25.0 Å². The summed E-state index contributed by atoms with van der Waals surface area (Å²) in [6, 6.07) is 8.75. The van der Waals surface area contributed by atoms with Crippen LogP contribution < -0.4 is 11.1 Å². The zero-order valence-corrected chi connectivity index (χ0v) is 14.2. The molecule has 0 fully saturated rings. The van der Waals surface area contributed by atoms with Gasteiger partial charge in [-0.1, -0.05) is 37.2 Å². The van der Waals surface area contributed by atoms with Gasteiger partial charge in [-0.05, 0) is 25.0 Å². The van der Waals surface area contributed by atoms with E-state index in [1.165, 1.54) is 17.8 Å². The van der Waals surface area contributed by atoms with E-state index in [0.29, 0.717) is 27.6 Å². The Hall–Kier alpha value is -2.41. The van der Waals surface area contributed by atoms with Crippen molar-refractivity contribution in [2.75, 3.05) is 0 Å². The first kappa shape index (κ1) is 16.4. The maximum Gasteiger partial charge on any atom is 0.258 e. The van der Waals surface area contributed by atoms with E-state index in [1.807, 2.05) is 18.2 Å². The first-order valence-corrected chi connectivity index (χ1v) is 8.85. The number of nitrogens with zero attached hydrogens (tertiary/aromatic N) is 2. The Morgan fingerprint density at radius 3 is 2.79 bits per heavy atom. The zero-order valence-electron chi connectivity index (χ0n) is 13.3. The number of rotatable bonds is 6. The summed E-state index contributed by atoms with van der Waals surface area (Å²) in [5.41, 5.74) is 1.14. The monoisotopic (exact) mass is 342 g/mol. The second kappa shape index (κ2) is 7.44. The molecule has 0 saturated heterocycles. The third-order valence-electron chi connectivity index (χ3n) is 3.57. The number of hydrogen-bond donors (Lipinski definition) is 2. The highest BCUT2D eigenvalue weighted by Gasteiger charge is 2.06. The number of aromatic amines is 2. The molecule has 0 aliphatic carbocycles. The summed E-state index contributed by atoms with van der Waals surface area (Å²) in [5, 5.41) is 1.11. The summed E-state index contributed by atoms with van der Waals surface area (Å²) in [7, 11) is 0. The quantitative estimate of drug-likeness (QED) is 0.531. The van der Waals surface area contributed by atoms with E-state index in [1.54, 1.807) is 6.07 Å². The van der Waals surface area contributed by atoms with Crippen molar-refractivity contribution in [2.24, 2.45) is 0 Å². The van der Waals surface area contributed by atoms with Crippen LogP contribution in [0.2, 0.25) is 0 Å². The molecule has 6 nitrogen and oxygen atoms in total. The molecule has 124 valence electrons. The van der Waals surface area contributed by atoms with Crippen molar-refractivity contribution in [3.63, 3.8) is 0 Å². The molecule has 7 heteroatoms. The molecule has 2 N–H and O–H groups in total. The van der Waals surface area contributed by atoms with Crippen LogP contribution in [0.3, 0.4) is 0 Å². The molecule has 2 heterocycles. The number of para-hydroxylation sites is 1. The van der Waals surface area contributed by atoms with E-state index in [-0.39, 0.29) is 11.1 Å². The fourth-order valence-electron chi connectivity index (χ4n) is 2.38. The molecule has 0 atom stereocenters. The van der Waals surface area contributed by atoms with E-state index in [9.17, 15) is 9.59 Å². The zero-order chi connectivity index (χ0) is 16.9. The lowest BCUT2D eigenvalue weighted by atomic mass is 10.2. The minimum Gasteiger partial charge on any atom is -0.309 e. The Morgan fingerprint density at radius 2 is 1.96 bits per heavy atom. The summed E-state index contributed by atoms with van der Waals surface area (Å²) in [6.45, 7) is 2.10. The first-order chi connectivity index (χ1) is 11.7. The number of hydrogen-bond acceptors (Lipinski definition) is 5. The Labute approximate surface area is 142 Å². The fourth-order valence-corrected chi connectivity index (χ4v) is 3.14. The molecule has 0 radical (unpaired) electrons. The number of aryl methyl sites for hydroxylation is 1. The number of unbranched alkanes of at least 4 members (excludes halogenated alkanes) is 1. The second-order valence-electron chi connectivity index (χ2n) is 5.46. The number of benzene rings is 1. The van der Waals surface area contributed by atoms with Crippen LogP contribution in [-0.2, 0) is 12.2 Å². The molecule has 0 aliphatic heterocycles. The van der Waals surface area contributed by atoms with Crippen LogP contribution in [0.25, 0.3) is 10.9 Å². The van der Waals surface area contributed by atoms with Gasteiger partial charge in [0.1, 0.15) is 5.82 Å². The SMILES string of the molecule is CCCCc1cc(=O)[nH]c(SCc2nc3ccccc3c(=O)[nH]2)n1. The van der Waals surface area contributed by atoms with Crippen molar-refractivity contribution in [3.8, 4) is 0 Å². The fraction of sp³-hybridized carbons (Fsp3) is 0.294. The molecule has 0 saturated carbocycles. The summed E-state index contributed by atoms with van der Waals surface area (Å²) < 4.78 is 0. The van der Waals surface area contributed by atoms with Crippen molar-refractivity contribution in [1.82, 2.24) is 19.9 Å². The minimum absolute atomic E-state index is 0.154. The predicted molar refractivity (Wildman–Crippen MR) is 95.4 cm³/mol. The Kier molecular flexibility index (Phi) is 5.10. The molecular formula is C17H18N4O2S. The number of thioether (sulfide) groups is 1. The average Bonchev–Trinajstić information content (AvgIpc) is 2.58. The van der Waals surface area contributed by atoms with Crippen LogP contribution in [0, 0.1) is 0 Å². The van der Waals surface area contributed by atoms with Gasteiger partial charge >= 0.3 is 0 Å². The van der Waals surface area contributed by atoms with E-state index in [2.05, 4.69) is 26.9 Å². The molecule has 0 spiro atoms. The topological polar surface area (TPSA) is 91.5 Å². The van der Waals surface area contributed by atoms with Gasteiger partial charge in [-0.2, -0.15) is 0 Å². The molecule has 3 rings (SSSR count). The van der Waals surface area contributed by atoms with Crippen LogP contribution in [0.1, 0.15) is 31.3 Å². The number of fused-ring (bicyclic) bond motifs is 1. The van der Waals surface area contributed by atoms with Gasteiger partial charge in [0, 0.05) is 11.8 Å². The number of nitrogens with one attached hydrogen (secondary N) is 2. The molecule has 2 aromatic heterocycles. The maximum absolute atomic E-state index is 12.1. The standard InChI is InChI=1S/C17H18N4O2S/c1-2-3-6-11-9-15(22)21-17(18-11)24-10-14-19-13-8-5-4-7-12(13)16(23)20-14/h4-5,7-9H,2-3,6,10H2,1H3,(H,18,21,22)(H,19,20,23). The van der Waals surface area contributed by atoms with E-state index in [4.69, 9.17) is 0 Å². The van der Waals surface area contributed by atoms with Crippen molar-refractivity contribution in [1.29, 1.82) is 0 Å². The molecule has 24 heavy (non-hydrogen) atoms. The van der Waals surface area contributed by atoms with Crippen molar-refractivity contribution in [2.45, 2.75) is 37.1 Å². The number of aromatic nitrogens is 4. The minimum atomic E-state index is -0.158. The third-order valence-corrected chi connectivity index (χ3v) is 4.45. The lowest BCUT2D eigenvalue weighted by Crippen LogP contribution is -2.12. The molecule has 0 amide bonds. The predicted octanol–water partition coefficient (Wildman–Crippen LogP) is 2.64. The molecule has 1 aromatic carbocycles. The highest BCUT2D eigenvalue weighted by Crippen LogP contribution is 2.17. The van der Waals surface area contributed by atoms with Gasteiger partial charge in [-0.3, -0.25) is 9.59 Å². The largest absolute Gasteiger partial charge is 0.309 e. The lowest BCUT2D eigenvalue weighted by Gasteiger charge is -2.04. The van der Waals surface area contributed by atoms with Gasteiger partial charge in [0.2, 0.25) is 0 Å². The van der Waals surface area contributed by atoms with Crippen LogP contribution in [-0.4, -0.2) is 19.9 Å². The summed E-state index contributed by atoms with van der Waals surface area (Å²) in [4.78, 5) is 38.2. The van der Waals surface area contributed by atoms with Crippen LogP contribution in [0.4, 0.5) is 0 Å². The van der Waals surface area contributed by atoms with Gasteiger partial charge in [-0.15, -0.1) is 0 Å². The van der Waals surface area contributed by atoms with Crippen LogP contribution in [0.15, 0.2) is 45.1 Å². The molecule has 0 unspecified atom stereocenters. The van der Waals surface area contributed by atoms with Crippen molar-refractivity contribution in [3.05, 3.63) is 62.6 Å². The third kappa shape index (κ3) is 3.91. The Morgan fingerprint density at radius 1 is 1.12 bits per heavy atom. The Bertz CT molecular complexity index is 964. The van der Waals surface area contributed by atoms with Gasteiger partial charge in [-0.25, -0.2) is 9.97 Å². The van der Waals surface area contributed by atoms with E-state index < -0.39 is 0 Å². The second-order valence-corrected chi connectivity index (χ2v) is 6.43. The molecule has 0 bridgehead atoms. The average molecular weight is 342 g/mol. The smallest absolute Gasteiger partial charge is 0.258 e. The number of H-pyrrole nitrogens is 2. The molecule has 0 aliphatic rings. The van der Waals surface area contributed by atoms with Gasteiger partial charge in [0.25, 0.3) is 11.1 Å². The summed E-state index contributed by atoms with van der Waals surface area (Å²) in [6.07, 6.45) is 2.85. The van der Waals surface area contributed by atoms with Gasteiger partial charge < -0.3 is 9.97 Å². The van der Waals surface area contributed by atoms with Gasteiger partial charge in [0.15, 0.2) is 5.16 Å². The van der Waals surface area contributed by atoms with Crippen molar-refractivity contribution < 1.29 is 0 Å². The van der Waals surface area contributed by atoms with Gasteiger partial charge in [0.05, 0.1) is 16.7 Å². The maximum atomic E-state index is 12.1. The lowest BCUT2D eigenvalue weighted by molar-refractivity contribution is 0.751.